The highest BCUT2D eigenvalue weighted by atomic mass is 16.3. The molecule has 1 N–H and O–H groups in total. The maximum absolute atomic E-state index is 11.8. The van der Waals surface area contributed by atoms with Crippen molar-refractivity contribution in [3.05, 3.63) is 0 Å². The lowest BCUT2D eigenvalue weighted by molar-refractivity contribution is -0.129. The molecule has 0 aromatic carbocycles. The van der Waals surface area contributed by atoms with Crippen molar-refractivity contribution in [1.29, 1.82) is 0 Å². The minimum absolute atomic E-state index is 0.0664. The van der Waals surface area contributed by atoms with Crippen LogP contribution in [0.2, 0.25) is 0 Å². The molecule has 0 aromatic rings. The number of hydrogen-bond donors (Lipinski definition) is 1. The highest BCUT2D eigenvalue weighted by Gasteiger charge is 2.72. The van der Waals surface area contributed by atoms with Gasteiger partial charge in [-0.3, -0.25) is 4.79 Å². The van der Waals surface area contributed by atoms with E-state index in [9.17, 15) is 9.90 Å². The fourth-order valence-corrected chi connectivity index (χ4v) is 3.91. The monoisotopic (exact) mass is 225 g/mol. The van der Waals surface area contributed by atoms with Gasteiger partial charge in [0.25, 0.3) is 0 Å². The first-order valence-corrected chi connectivity index (χ1v) is 6.29. The van der Waals surface area contributed by atoms with E-state index < -0.39 is 0 Å². The lowest BCUT2D eigenvalue weighted by Gasteiger charge is -2.25. The maximum atomic E-state index is 11.8. The van der Waals surface area contributed by atoms with Crippen LogP contribution in [-0.2, 0) is 4.79 Å². The van der Waals surface area contributed by atoms with Crippen molar-refractivity contribution in [3.63, 3.8) is 0 Å². The average molecular weight is 225 g/mol. The molecule has 2 fully saturated rings. The van der Waals surface area contributed by atoms with Gasteiger partial charge in [-0.15, -0.1) is 0 Å². The average Bonchev–Trinajstić information content (AvgIpc) is 2.79. The zero-order valence-corrected chi connectivity index (χ0v) is 10.6. The summed E-state index contributed by atoms with van der Waals surface area (Å²) in [5, 5.41) is 9.65. The van der Waals surface area contributed by atoms with Gasteiger partial charge < -0.3 is 10.0 Å². The normalized spacial score (nSPS) is 41.4. The molecule has 92 valence electrons. The minimum atomic E-state index is 0.0664. The molecule has 0 aliphatic heterocycles. The van der Waals surface area contributed by atoms with E-state index in [-0.39, 0.29) is 23.3 Å². The molecule has 0 aromatic heterocycles. The summed E-state index contributed by atoms with van der Waals surface area (Å²) < 4.78 is 0. The molecule has 0 spiro atoms. The van der Waals surface area contributed by atoms with Crippen LogP contribution in [0.4, 0.5) is 0 Å². The van der Waals surface area contributed by atoms with Crippen molar-refractivity contribution >= 4 is 5.91 Å². The molecule has 0 radical (unpaired) electrons. The third-order valence-corrected chi connectivity index (χ3v) is 5.22. The molecular weight excluding hydrogens is 202 g/mol. The molecular formula is C13H23NO2. The Morgan fingerprint density at radius 2 is 2.00 bits per heavy atom. The molecule has 0 unspecified atom stereocenters. The van der Waals surface area contributed by atoms with Crippen LogP contribution in [0.1, 0.15) is 39.0 Å². The Labute approximate surface area is 97.8 Å². The summed E-state index contributed by atoms with van der Waals surface area (Å²) in [5.74, 6) is 0.607. The lowest BCUT2D eigenvalue weighted by Crippen LogP contribution is -2.23. The van der Waals surface area contributed by atoms with Crippen LogP contribution >= 0.6 is 0 Å². The molecule has 0 bridgehead atoms. The Morgan fingerprint density at radius 1 is 1.38 bits per heavy atom. The Kier molecular flexibility index (Phi) is 2.77. The zero-order valence-electron chi connectivity index (χ0n) is 10.6. The molecule has 0 saturated heterocycles. The molecule has 2 aliphatic rings. The van der Waals surface area contributed by atoms with Crippen LogP contribution in [0.5, 0.6) is 0 Å². The molecule has 3 heteroatoms. The van der Waals surface area contributed by atoms with Crippen molar-refractivity contribution in [2.24, 2.45) is 16.7 Å². The van der Waals surface area contributed by atoms with Crippen LogP contribution in [0, 0.1) is 16.7 Å². The summed E-state index contributed by atoms with van der Waals surface area (Å²) in [4.78, 5) is 13.4. The van der Waals surface area contributed by atoms with E-state index in [0.29, 0.717) is 12.3 Å². The summed E-state index contributed by atoms with van der Waals surface area (Å²) >= 11 is 0. The van der Waals surface area contributed by atoms with Crippen LogP contribution in [0.3, 0.4) is 0 Å². The third kappa shape index (κ3) is 1.41. The number of carbonyl (C=O) groups is 1. The summed E-state index contributed by atoms with van der Waals surface area (Å²) in [6.45, 7) is 2.52. The van der Waals surface area contributed by atoms with E-state index in [1.54, 1.807) is 4.90 Å². The summed E-state index contributed by atoms with van der Waals surface area (Å²) in [7, 11) is 3.62. The Hall–Kier alpha value is -0.570. The van der Waals surface area contributed by atoms with Crippen molar-refractivity contribution in [2.75, 3.05) is 20.7 Å². The van der Waals surface area contributed by atoms with Gasteiger partial charge in [0, 0.05) is 32.5 Å². The number of nitrogens with zero attached hydrogens (tertiary/aromatic N) is 1. The molecule has 0 heterocycles. The predicted molar refractivity (Wildman–Crippen MR) is 62.9 cm³/mol. The predicted octanol–water partition coefficient (Wildman–Crippen LogP) is 1.65. The van der Waals surface area contributed by atoms with E-state index in [0.717, 1.165) is 6.42 Å². The fraction of sp³-hybridized carbons (Fsp3) is 0.923. The van der Waals surface area contributed by atoms with Gasteiger partial charge >= 0.3 is 0 Å². The first kappa shape index (κ1) is 11.9. The van der Waals surface area contributed by atoms with Crippen molar-refractivity contribution in [2.45, 2.75) is 39.0 Å². The third-order valence-electron chi connectivity index (χ3n) is 5.22. The van der Waals surface area contributed by atoms with E-state index in [4.69, 9.17) is 0 Å². The van der Waals surface area contributed by atoms with Crippen LogP contribution in [-0.4, -0.2) is 36.6 Å². The Morgan fingerprint density at radius 3 is 2.50 bits per heavy atom. The fourth-order valence-electron chi connectivity index (χ4n) is 3.91. The highest BCUT2D eigenvalue weighted by molar-refractivity contribution is 5.76. The number of aliphatic hydroxyl groups excluding tert-OH is 1. The quantitative estimate of drug-likeness (QED) is 0.793. The van der Waals surface area contributed by atoms with Crippen molar-refractivity contribution < 1.29 is 9.90 Å². The van der Waals surface area contributed by atoms with Gasteiger partial charge in [-0.25, -0.2) is 0 Å². The Balaban J connectivity index is 2.09. The number of hydrogen-bond acceptors (Lipinski definition) is 2. The van der Waals surface area contributed by atoms with E-state index >= 15 is 0 Å². The van der Waals surface area contributed by atoms with Crippen LogP contribution in [0.25, 0.3) is 0 Å². The first-order chi connectivity index (χ1) is 7.48. The minimum Gasteiger partial charge on any atom is -0.396 e. The molecule has 3 atom stereocenters. The van der Waals surface area contributed by atoms with Gasteiger partial charge in [0.05, 0.1) is 0 Å². The number of carbonyl (C=O) groups excluding carboxylic acids is 1. The van der Waals surface area contributed by atoms with Crippen LogP contribution < -0.4 is 0 Å². The Bertz CT molecular complexity index is 302. The maximum Gasteiger partial charge on any atom is 0.222 e. The molecule has 2 aliphatic carbocycles. The molecule has 2 saturated carbocycles. The van der Waals surface area contributed by atoms with Gasteiger partial charge in [-0.05, 0) is 24.2 Å². The smallest absolute Gasteiger partial charge is 0.222 e. The molecule has 2 rings (SSSR count). The topological polar surface area (TPSA) is 40.5 Å². The highest BCUT2D eigenvalue weighted by Crippen LogP contribution is 2.76. The molecule has 3 nitrogen and oxygen atoms in total. The second-order valence-electron chi connectivity index (χ2n) is 5.98. The van der Waals surface area contributed by atoms with Gasteiger partial charge in [0.15, 0.2) is 0 Å². The lowest BCUT2D eigenvalue weighted by atomic mass is 9.81. The van der Waals surface area contributed by atoms with E-state index in [2.05, 4.69) is 6.92 Å². The largest absolute Gasteiger partial charge is 0.396 e. The summed E-state index contributed by atoms with van der Waals surface area (Å²) in [5.41, 5.74) is 0.294. The molecule has 1 amide bonds. The number of rotatable bonds is 3. The number of fused-ring (bicyclic) bond motifs is 1. The van der Waals surface area contributed by atoms with Gasteiger partial charge in [-0.1, -0.05) is 19.8 Å². The number of aliphatic hydroxyl groups is 1. The van der Waals surface area contributed by atoms with Crippen LogP contribution in [0.15, 0.2) is 0 Å². The second kappa shape index (κ2) is 3.73. The van der Waals surface area contributed by atoms with Crippen molar-refractivity contribution in [3.8, 4) is 0 Å². The first-order valence-electron chi connectivity index (χ1n) is 6.29. The number of amides is 1. The van der Waals surface area contributed by atoms with Gasteiger partial charge in [-0.2, -0.15) is 0 Å². The zero-order chi connectivity index (χ0) is 12.0. The van der Waals surface area contributed by atoms with Gasteiger partial charge in [0.2, 0.25) is 5.91 Å². The van der Waals surface area contributed by atoms with Crippen molar-refractivity contribution in [1.82, 2.24) is 4.90 Å². The van der Waals surface area contributed by atoms with E-state index in [1.165, 1.54) is 19.3 Å². The summed E-state index contributed by atoms with van der Waals surface area (Å²) in [6.07, 6.45) is 5.36. The van der Waals surface area contributed by atoms with Gasteiger partial charge in [0.1, 0.15) is 0 Å². The van der Waals surface area contributed by atoms with E-state index in [1.807, 2.05) is 14.1 Å². The summed E-state index contributed by atoms with van der Waals surface area (Å²) in [6, 6.07) is 0. The standard InChI is InChI=1S/C13H23NO2/c1-12-6-4-5-7-13(12,9-15)10(12)8-11(16)14(2)3/h10,15H,4-9H2,1-3H3/t10-,12+,13+/m0/s1. The molecule has 16 heavy (non-hydrogen) atoms. The SMILES string of the molecule is CN(C)C(=O)C[C@@H]1[C@]2(CO)CCCC[C@]12C. The second-order valence-corrected chi connectivity index (χ2v) is 5.98.